The molecule has 134 valence electrons. The standard InChI is InChI=1S/C22H14N4S2/c1-3-7-17(8-4-1)21-19(23-25-27-21)15-11-13-16(14-12-15)20-22(28-26-24-20)18-9-5-2-6-10-18/h1-14H. The van der Waals surface area contributed by atoms with Crippen LogP contribution in [0.15, 0.2) is 84.9 Å². The van der Waals surface area contributed by atoms with E-state index in [4.69, 9.17) is 0 Å². The van der Waals surface area contributed by atoms with Crippen LogP contribution in [0.1, 0.15) is 0 Å². The summed E-state index contributed by atoms with van der Waals surface area (Å²) in [5.74, 6) is 0. The molecule has 0 aliphatic rings. The van der Waals surface area contributed by atoms with Gasteiger partial charge in [-0.05, 0) is 34.2 Å². The third kappa shape index (κ3) is 3.13. The maximum absolute atomic E-state index is 4.36. The molecule has 0 saturated carbocycles. The first-order valence-corrected chi connectivity index (χ1v) is 10.3. The highest BCUT2D eigenvalue weighted by molar-refractivity contribution is 7.10. The number of rotatable bonds is 4. The second-order valence-corrected chi connectivity index (χ2v) is 7.72. The molecule has 0 N–H and O–H groups in total. The van der Waals surface area contributed by atoms with Crippen molar-refractivity contribution in [1.29, 1.82) is 0 Å². The summed E-state index contributed by atoms with van der Waals surface area (Å²) < 4.78 is 8.34. The molecule has 5 rings (SSSR count). The zero-order valence-electron chi connectivity index (χ0n) is 14.7. The van der Waals surface area contributed by atoms with E-state index in [1.807, 2.05) is 36.4 Å². The molecular formula is C22H14N4S2. The van der Waals surface area contributed by atoms with Gasteiger partial charge in [0.1, 0.15) is 11.4 Å². The van der Waals surface area contributed by atoms with Crippen LogP contribution in [0.25, 0.3) is 43.4 Å². The fourth-order valence-electron chi connectivity index (χ4n) is 3.10. The molecule has 3 aromatic carbocycles. The highest BCUT2D eigenvalue weighted by atomic mass is 32.1. The summed E-state index contributed by atoms with van der Waals surface area (Å²) in [5.41, 5.74) is 6.16. The summed E-state index contributed by atoms with van der Waals surface area (Å²) in [7, 11) is 0. The third-order valence-electron chi connectivity index (χ3n) is 4.48. The quantitative estimate of drug-likeness (QED) is 0.369. The maximum atomic E-state index is 4.36. The molecule has 2 aromatic heterocycles. The second-order valence-electron chi connectivity index (χ2n) is 6.21. The third-order valence-corrected chi connectivity index (χ3v) is 6.03. The zero-order valence-corrected chi connectivity index (χ0v) is 16.3. The molecule has 0 fully saturated rings. The minimum atomic E-state index is 0.905. The van der Waals surface area contributed by atoms with Gasteiger partial charge in [-0.1, -0.05) is 93.9 Å². The molecule has 0 radical (unpaired) electrons. The van der Waals surface area contributed by atoms with Crippen LogP contribution in [0.4, 0.5) is 0 Å². The van der Waals surface area contributed by atoms with Gasteiger partial charge in [0.15, 0.2) is 0 Å². The molecule has 2 heterocycles. The fourth-order valence-corrected chi connectivity index (χ4v) is 4.48. The summed E-state index contributed by atoms with van der Waals surface area (Å²) in [5, 5.41) is 8.73. The lowest BCUT2D eigenvalue weighted by molar-refractivity contribution is 1.16. The van der Waals surface area contributed by atoms with E-state index in [0.717, 1.165) is 43.4 Å². The lowest BCUT2D eigenvalue weighted by atomic mass is 10.0. The van der Waals surface area contributed by atoms with Gasteiger partial charge in [-0.25, -0.2) is 0 Å². The van der Waals surface area contributed by atoms with Crippen molar-refractivity contribution in [3.05, 3.63) is 84.9 Å². The molecule has 0 atom stereocenters. The highest BCUT2D eigenvalue weighted by Gasteiger charge is 2.15. The van der Waals surface area contributed by atoms with E-state index in [9.17, 15) is 0 Å². The highest BCUT2D eigenvalue weighted by Crippen LogP contribution is 2.36. The van der Waals surface area contributed by atoms with Gasteiger partial charge in [-0.15, -0.1) is 10.2 Å². The van der Waals surface area contributed by atoms with Gasteiger partial charge in [-0.2, -0.15) is 0 Å². The lowest BCUT2D eigenvalue weighted by Gasteiger charge is -2.05. The van der Waals surface area contributed by atoms with Crippen molar-refractivity contribution in [1.82, 2.24) is 19.2 Å². The van der Waals surface area contributed by atoms with Crippen LogP contribution in [0.3, 0.4) is 0 Å². The Bertz CT molecular complexity index is 1100. The SMILES string of the molecule is c1ccc(-c2snnc2-c2ccc(-c3nnsc3-c3ccccc3)cc2)cc1. The van der Waals surface area contributed by atoms with E-state index in [-0.39, 0.29) is 0 Å². The molecule has 6 heteroatoms. The van der Waals surface area contributed by atoms with Crippen molar-refractivity contribution in [2.24, 2.45) is 0 Å². The Morgan fingerprint density at radius 2 is 0.821 bits per heavy atom. The van der Waals surface area contributed by atoms with Gasteiger partial charge in [0.05, 0.1) is 9.75 Å². The van der Waals surface area contributed by atoms with Gasteiger partial charge in [0.2, 0.25) is 0 Å². The topological polar surface area (TPSA) is 51.6 Å². The van der Waals surface area contributed by atoms with Gasteiger partial charge < -0.3 is 0 Å². The van der Waals surface area contributed by atoms with Crippen LogP contribution in [0, 0.1) is 0 Å². The first-order valence-electron chi connectivity index (χ1n) is 8.76. The predicted octanol–water partition coefficient (Wildman–Crippen LogP) is 6.06. The number of aromatic nitrogens is 4. The predicted molar refractivity (Wildman–Crippen MR) is 115 cm³/mol. The molecule has 0 aliphatic carbocycles. The normalized spacial score (nSPS) is 10.9. The molecule has 28 heavy (non-hydrogen) atoms. The Morgan fingerprint density at radius 3 is 1.21 bits per heavy atom. The Kier molecular flexibility index (Phi) is 4.48. The smallest absolute Gasteiger partial charge is 0.113 e. The Labute approximate surface area is 170 Å². The Morgan fingerprint density at radius 1 is 0.429 bits per heavy atom. The van der Waals surface area contributed by atoms with Crippen LogP contribution >= 0.6 is 23.1 Å². The van der Waals surface area contributed by atoms with Crippen LogP contribution < -0.4 is 0 Å². The van der Waals surface area contributed by atoms with E-state index in [0.29, 0.717) is 0 Å². The largest absolute Gasteiger partial charge is 0.137 e. The summed E-state index contributed by atoms with van der Waals surface area (Å²) in [4.78, 5) is 2.15. The van der Waals surface area contributed by atoms with Crippen LogP contribution in [-0.2, 0) is 0 Å². The van der Waals surface area contributed by atoms with Crippen LogP contribution in [0.2, 0.25) is 0 Å². The molecule has 4 nitrogen and oxygen atoms in total. The summed E-state index contributed by atoms with van der Waals surface area (Å²) in [6.07, 6.45) is 0. The van der Waals surface area contributed by atoms with Crippen molar-refractivity contribution in [2.45, 2.75) is 0 Å². The van der Waals surface area contributed by atoms with Crippen molar-refractivity contribution in [2.75, 3.05) is 0 Å². The molecule has 0 spiro atoms. The number of hydrogen-bond donors (Lipinski definition) is 0. The van der Waals surface area contributed by atoms with E-state index >= 15 is 0 Å². The average Bonchev–Trinajstić information content (AvgIpc) is 3.45. The zero-order chi connectivity index (χ0) is 18.8. The molecule has 0 aliphatic heterocycles. The molecular weight excluding hydrogens is 384 g/mol. The monoisotopic (exact) mass is 398 g/mol. The van der Waals surface area contributed by atoms with Gasteiger partial charge in [0, 0.05) is 11.1 Å². The molecule has 0 bridgehead atoms. The minimum Gasteiger partial charge on any atom is -0.137 e. The van der Waals surface area contributed by atoms with Crippen molar-refractivity contribution in [3.8, 4) is 43.4 Å². The molecule has 0 unspecified atom stereocenters. The second kappa shape index (κ2) is 7.42. The average molecular weight is 399 g/mol. The molecule has 0 amide bonds. The van der Waals surface area contributed by atoms with E-state index in [1.54, 1.807) is 0 Å². The summed E-state index contributed by atoms with van der Waals surface area (Å²) in [6.45, 7) is 0. The van der Waals surface area contributed by atoms with Crippen molar-refractivity contribution < 1.29 is 0 Å². The lowest BCUT2D eigenvalue weighted by Crippen LogP contribution is -1.85. The van der Waals surface area contributed by atoms with E-state index in [1.165, 1.54) is 23.1 Å². The van der Waals surface area contributed by atoms with Crippen LogP contribution in [-0.4, -0.2) is 19.2 Å². The number of nitrogens with zero attached hydrogens (tertiary/aromatic N) is 4. The summed E-state index contributed by atoms with van der Waals surface area (Å²) in [6, 6.07) is 28.8. The summed E-state index contributed by atoms with van der Waals surface area (Å²) >= 11 is 2.83. The van der Waals surface area contributed by atoms with E-state index in [2.05, 4.69) is 67.7 Å². The van der Waals surface area contributed by atoms with Gasteiger partial charge >= 0.3 is 0 Å². The van der Waals surface area contributed by atoms with Gasteiger partial charge in [-0.3, -0.25) is 0 Å². The maximum Gasteiger partial charge on any atom is 0.113 e. The Balaban J connectivity index is 1.51. The number of hydrogen-bond acceptors (Lipinski definition) is 6. The van der Waals surface area contributed by atoms with E-state index < -0.39 is 0 Å². The fraction of sp³-hybridized carbons (Fsp3) is 0. The van der Waals surface area contributed by atoms with Crippen molar-refractivity contribution in [3.63, 3.8) is 0 Å². The Hall–Kier alpha value is -3.22. The molecule has 5 aromatic rings. The first kappa shape index (κ1) is 16.9. The van der Waals surface area contributed by atoms with Gasteiger partial charge in [0.25, 0.3) is 0 Å². The minimum absolute atomic E-state index is 0.905. The number of benzene rings is 3. The van der Waals surface area contributed by atoms with Crippen LogP contribution in [0.5, 0.6) is 0 Å². The van der Waals surface area contributed by atoms with Crippen molar-refractivity contribution >= 4 is 23.1 Å². The molecule has 0 saturated heterocycles. The first-order chi connectivity index (χ1) is 13.9.